The fourth-order valence-electron chi connectivity index (χ4n) is 1.26. The van der Waals surface area contributed by atoms with E-state index in [0.29, 0.717) is 17.1 Å². The van der Waals surface area contributed by atoms with Crippen LogP contribution in [0.15, 0.2) is 24.3 Å². The first-order valence-corrected chi connectivity index (χ1v) is 6.93. The van der Waals surface area contributed by atoms with E-state index in [2.05, 4.69) is 26.1 Å². The summed E-state index contributed by atoms with van der Waals surface area (Å²) in [5.74, 6) is 0.796. The van der Waals surface area contributed by atoms with Crippen LogP contribution in [0, 0.1) is 0 Å². The first-order valence-electron chi connectivity index (χ1n) is 5.57. The molecule has 0 aliphatic carbocycles. The fraction of sp³-hybridized carbons (Fsp3) is 0.462. The number of hydrogen-bond acceptors (Lipinski definition) is 2. The highest BCUT2D eigenvalue weighted by atomic mass is 35.5. The van der Waals surface area contributed by atoms with Crippen LogP contribution in [0.2, 0.25) is 5.02 Å². The van der Waals surface area contributed by atoms with Gasteiger partial charge in [0.1, 0.15) is 0 Å². The first kappa shape index (κ1) is 14.4. The van der Waals surface area contributed by atoms with Gasteiger partial charge in [-0.3, -0.25) is 4.79 Å². The lowest BCUT2D eigenvalue weighted by atomic mass is 10.2. The average Bonchev–Trinajstić information content (AvgIpc) is 2.23. The standard InChI is InChI=1S/C13H18ClNOS/c1-13(2,3)17-9-8-15-12(16)10-6-4-5-7-11(10)14/h4-7H,8-9H2,1-3H3,(H,15,16). The Labute approximate surface area is 112 Å². The van der Waals surface area contributed by atoms with E-state index < -0.39 is 0 Å². The van der Waals surface area contributed by atoms with Gasteiger partial charge in [0.15, 0.2) is 0 Å². The van der Waals surface area contributed by atoms with E-state index in [1.54, 1.807) is 12.1 Å². The number of amides is 1. The van der Waals surface area contributed by atoms with Crippen LogP contribution < -0.4 is 5.32 Å². The van der Waals surface area contributed by atoms with Gasteiger partial charge in [-0.15, -0.1) is 0 Å². The number of benzene rings is 1. The molecule has 94 valence electrons. The van der Waals surface area contributed by atoms with Gasteiger partial charge in [-0.25, -0.2) is 0 Å². The van der Waals surface area contributed by atoms with Gasteiger partial charge in [-0.05, 0) is 12.1 Å². The number of hydrogen-bond donors (Lipinski definition) is 1. The zero-order valence-corrected chi connectivity index (χ0v) is 12.0. The van der Waals surface area contributed by atoms with Crippen LogP contribution in [-0.2, 0) is 0 Å². The second-order valence-corrected chi connectivity index (χ2v) is 7.03. The number of carbonyl (C=O) groups excluding carboxylic acids is 1. The van der Waals surface area contributed by atoms with Crippen LogP contribution in [-0.4, -0.2) is 23.0 Å². The number of halogens is 1. The van der Waals surface area contributed by atoms with Crippen LogP contribution in [0.3, 0.4) is 0 Å². The molecule has 0 bridgehead atoms. The molecule has 2 nitrogen and oxygen atoms in total. The minimum absolute atomic E-state index is 0.106. The minimum Gasteiger partial charge on any atom is -0.351 e. The van der Waals surface area contributed by atoms with Crippen molar-refractivity contribution in [1.82, 2.24) is 5.32 Å². The minimum atomic E-state index is -0.106. The Hall–Kier alpha value is -0.670. The van der Waals surface area contributed by atoms with Gasteiger partial charge in [-0.1, -0.05) is 44.5 Å². The summed E-state index contributed by atoms with van der Waals surface area (Å²) in [5.41, 5.74) is 0.537. The normalized spacial score (nSPS) is 11.3. The topological polar surface area (TPSA) is 29.1 Å². The number of carbonyl (C=O) groups is 1. The zero-order valence-electron chi connectivity index (χ0n) is 10.4. The number of nitrogens with one attached hydrogen (secondary N) is 1. The highest BCUT2D eigenvalue weighted by molar-refractivity contribution is 8.00. The van der Waals surface area contributed by atoms with Crippen molar-refractivity contribution in [2.45, 2.75) is 25.5 Å². The van der Waals surface area contributed by atoms with Gasteiger partial charge in [0.2, 0.25) is 0 Å². The van der Waals surface area contributed by atoms with Crippen LogP contribution >= 0.6 is 23.4 Å². The van der Waals surface area contributed by atoms with Crippen molar-refractivity contribution in [1.29, 1.82) is 0 Å². The monoisotopic (exact) mass is 271 g/mol. The molecule has 17 heavy (non-hydrogen) atoms. The van der Waals surface area contributed by atoms with E-state index in [1.807, 2.05) is 23.9 Å². The molecule has 1 amide bonds. The second kappa shape index (κ2) is 6.31. The highest BCUT2D eigenvalue weighted by Gasteiger charge is 2.11. The van der Waals surface area contributed by atoms with E-state index in [1.165, 1.54) is 0 Å². The summed E-state index contributed by atoms with van der Waals surface area (Å²) in [6.07, 6.45) is 0. The molecular formula is C13H18ClNOS. The lowest BCUT2D eigenvalue weighted by Gasteiger charge is -2.17. The molecule has 0 spiro atoms. The predicted octanol–water partition coefficient (Wildman–Crippen LogP) is 3.60. The van der Waals surface area contributed by atoms with Crippen molar-refractivity contribution in [2.24, 2.45) is 0 Å². The van der Waals surface area contributed by atoms with Gasteiger partial charge < -0.3 is 5.32 Å². The van der Waals surface area contributed by atoms with E-state index in [4.69, 9.17) is 11.6 Å². The fourth-order valence-corrected chi connectivity index (χ4v) is 2.30. The highest BCUT2D eigenvalue weighted by Crippen LogP contribution is 2.22. The SMILES string of the molecule is CC(C)(C)SCCNC(=O)c1ccccc1Cl. The summed E-state index contributed by atoms with van der Waals surface area (Å²) < 4.78 is 0.231. The van der Waals surface area contributed by atoms with E-state index in [0.717, 1.165) is 5.75 Å². The molecule has 1 aromatic carbocycles. The largest absolute Gasteiger partial charge is 0.351 e. The third kappa shape index (κ3) is 5.46. The van der Waals surface area contributed by atoms with Crippen LogP contribution in [0.5, 0.6) is 0 Å². The maximum absolute atomic E-state index is 11.8. The second-order valence-electron chi connectivity index (χ2n) is 4.70. The maximum atomic E-state index is 11.8. The van der Waals surface area contributed by atoms with Crippen molar-refractivity contribution < 1.29 is 4.79 Å². The van der Waals surface area contributed by atoms with Gasteiger partial charge in [-0.2, -0.15) is 11.8 Å². The van der Waals surface area contributed by atoms with Crippen molar-refractivity contribution in [2.75, 3.05) is 12.3 Å². The lowest BCUT2D eigenvalue weighted by molar-refractivity contribution is 0.0956. The Kier molecular flexibility index (Phi) is 5.34. The molecule has 1 N–H and O–H groups in total. The molecule has 0 heterocycles. The van der Waals surface area contributed by atoms with Crippen molar-refractivity contribution >= 4 is 29.3 Å². The van der Waals surface area contributed by atoms with Crippen LogP contribution in [0.25, 0.3) is 0 Å². The molecule has 1 rings (SSSR count). The van der Waals surface area contributed by atoms with Crippen LogP contribution in [0.1, 0.15) is 31.1 Å². The van der Waals surface area contributed by atoms with Crippen molar-refractivity contribution in [3.8, 4) is 0 Å². The molecule has 0 aromatic heterocycles. The Morgan fingerprint density at radius 1 is 1.35 bits per heavy atom. The van der Waals surface area contributed by atoms with E-state index in [9.17, 15) is 4.79 Å². The molecule has 1 aromatic rings. The van der Waals surface area contributed by atoms with Gasteiger partial charge in [0, 0.05) is 17.0 Å². The molecule has 0 unspecified atom stereocenters. The van der Waals surface area contributed by atoms with Gasteiger partial charge in [0.05, 0.1) is 10.6 Å². The van der Waals surface area contributed by atoms with E-state index >= 15 is 0 Å². The van der Waals surface area contributed by atoms with Gasteiger partial charge in [0.25, 0.3) is 5.91 Å². The summed E-state index contributed by atoms with van der Waals surface area (Å²) in [6.45, 7) is 7.14. The number of rotatable bonds is 4. The zero-order chi connectivity index (χ0) is 12.9. The van der Waals surface area contributed by atoms with Crippen molar-refractivity contribution in [3.63, 3.8) is 0 Å². The Bertz CT molecular complexity index is 387. The average molecular weight is 272 g/mol. The smallest absolute Gasteiger partial charge is 0.252 e. The quantitative estimate of drug-likeness (QED) is 0.848. The Morgan fingerprint density at radius 3 is 2.59 bits per heavy atom. The van der Waals surface area contributed by atoms with E-state index in [-0.39, 0.29) is 10.7 Å². The van der Waals surface area contributed by atoms with Crippen molar-refractivity contribution in [3.05, 3.63) is 34.9 Å². The Morgan fingerprint density at radius 2 is 2.00 bits per heavy atom. The molecule has 0 aliphatic heterocycles. The molecule has 4 heteroatoms. The summed E-state index contributed by atoms with van der Waals surface area (Å²) in [4.78, 5) is 11.8. The molecule has 0 radical (unpaired) electrons. The molecule has 0 aliphatic rings. The third-order valence-electron chi connectivity index (χ3n) is 2.04. The summed E-state index contributed by atoms with van der Waals surface area (Å²) in [6, 6.07) is 7.08. The first-order chi connectivity index (χ1) is 7.90. The lowest BCUT2D eigenvalue weighted by Crippen LogP contribution is -2.27. The predicted molar refractivity (Wildman–Crippen MR) is 76.0 cm³/mol. The Balaban J connectivity index is 2.39. The summed E-state index contributed by atoms with van der Waals surface area (Å²) in [5, 5.41) is 3.36. The summed E-state index contributed by atoms with van der Waals surface area (Å²) in [7, 11) is 0. The maximum Gasteiger partial charge on any atom is 0.252 e. The van der Waals surface area contributed by atoms with Crippen LogP contribution in [0.4, 0.5) is 0 Å². The molecule has 0 fully saturated rings. The van der Waals surface area contributed by atoms with Gasteiger partial charge >= 0.3 is 0 Å². The third-order valence-corrected chi connectivity index (χ3v) is 3.65. The molecule has 0 saturated carbocycles. The molecule has 0 atom stereocenters. The summed E-state index contributed by atoms with van der Waals surface area (Å²) >= 11 is 7.77. The molecular weight excluding hydrogens is 254 g/mol. The molecule has 0 saturated heterocycles. The number of thioether (sulfide) groups is 1.